The number of unbranched alkanes of at least 4 members (excludes halogenated alkanes) is 1. The van der Waals surface area contributed by atoms with Crippen molar-refractivity contribution in [1.29, 1.82) is 0 Å². The number of nitrogens with zero attached hydrogens (tertiary/aromatic N) is 1. The Morgan fingerprint density at radius 3 is 2.57 bits per heavy atom. The van der Waals surface area contributed by atoms with Gasteiger partial charge in [-0.2, -0.15) is 4.31 Å². The smallest absolute Gasteiger partial charge is 0.243 e. The van der Waals surface area contributed by atoms with Crippen molar-refractivity contribution in [3.05, 3.63) is 28.3 Å². The fourth-order valence-corrected chi connectivity index (χ4v) is 4.77. The first-order valence-corrected chi connectivity index (χ1v) is 9.15. The number of aliphatic hydroxyl groups is 1. The van der Waals surface area contributed by atoms with Crippen molar-refractivity contribution in [2.24, 2.45) is 0 Å². The van der Waals surface area contributed by atoms with Crippen molar-refractivity contribution in [3.8, 4) is 0 Å². The third kappa shape index (κ3) is 3.59. The summed E-state index contributed by atoms with van der Waals surface area (Å²) >= 11 is 6.02. The van der Waals surface area contributed by atoms with Gasteiger partial charge in [-0.05, 0) is 49.4 Å². The first-order chi connectivity index (χ1) is 9.91. The molecule has 0 saturated heterocycles. The van der Waals surface area contributed by atoms with Crippen LogP contribution in [-0.4, -0.2) is 30.4 Å². The van der Waals surface area contributed by atoms with Crippen LogP contribution in [-0.2, 0) is 16.6 Å². The molecule has 0 unspecified atom stereocenters. The summed E-state index contributed by atoms with van der Waals surface area (Å²) in [5, 5.41) is 9.71. The van der Waals surface area contributed by atoms with Crippen LogP contribution in [0.5, 0.6) is 0 Å². The second-order valence-corrected chi connectivity index (χ2v) is 7.84. The van der Waals surface area contributed by atoms with E-state index in [0.29, 0.717) is 22.7 Å². The summed E-state index contributed by atoms with van der Waals surface area (Å²) < 4.78 is 27.5. The van der Waals surface area contributed by atoms with Gasteiger partial charge < -0.3 is 5.11 Å². The van der Waals surface area contributed by atoms with E-state index in [-0.39, 0.29) is 17.5 Å². The van der Waals surface area contributed by atoms with Crippen LogP contribution in [0.4, 0.5) is 0 Å². The Labute approximate surface area is 131 Å². The van der Waals surface area contributed by atoms with Crippen LogP contribution >= 0.6 is 11.6 Å². The van der Waals surface area contributed by atoms with Crippen LogP contribution in [0.2, 0.25) is 5.02 Å². The lowest BCUT2D eigenvalue weighted by atomic mass is 10.1. The van der Waals surface area contributed by atoms with Gasteiger partial charge in [-0.25, -0.2) is 8.42 Å². The van der Waals surface area contributed by atoms with Gasteiger partial charge in [0.05, 0.1) is 11.5 Å². The molecule has 1 saturated carbocycles. The quantitative estimate of drug-likeness (QED) is 0.835. The Morgan fingerprint density at radius 1 is 1.38 bits per heavy atom. The van der Waals surface area contributed by atoms with Gasteiger partial charge in [0.25, 0.3) is 0 Å². The van der Waals surface area contributed by atoms with Gasteiger partial charge in [-0.3, -0.25) is 0 Å². The second-order valence-electron chi connectivity index (χ2n) is 5.55. The molecule has 0 amide bonds. The number of aliphatic hydroxyl groups excluding tert-OH is 1. The van der Waals surface area contributed by atoms with Crippen molar-refractivity contribution in [2.75, 3.05) is 6.54 Å². The molecule has 1 aromatic rings. The molecule has 0 aliphatic heterocycles. The number of hydrogen-bond donors (Lipinski definition) is 1. The molecule has 1 aromatic carbocycles. The number of benzene rings is 1. The molecular weight excluding hydrogens is 310 g/mol. The molecule has 0 bridgehead atoms. The van der Waals surface area contributed by atoms with Gasteiger partial charge in [-0.1, -0.05) is 24.9 Å². The Kier molecular flexibility index (Phi) is 5.30. The number of halogens is 1. The molecule has 21 heavy (non-hydrogen) atoms. The summed E-state index contributed by atoms with van der Waals surface area (Å²) in [5.41, 5.74) is 1.15. The molecule has 118 valence electrons. The standard InChI is InChI=1S/C15H22ClNO3S/c1-3-4-7-17(14-5-6-14)21(19,20)15-9-13(16)8-12(10-18)11(15)2/h8-9,14,18H,3-7,10H2,1-2H3. The van der Waals surface area contributed by atoms with E-state index >= 15 is 0 Å². The van der Waals surface area contributed by atoms with Crippen LogP contribution in [0, 0.1) is 6.92 Å². The maximum atomic E-state index is 12.9. The van der Waals surface area contributed by atoms with Crippen LogP contribution in [0.25, 0.3) is 0 Å². The largest absolute Gasteiger partial charge is 0.392 e. The highest BCUT2D eigenvalue weighted by Crippen LogP contribution is 2.35. The summed E-state index contributed by atoms with van der Waals surface area (Å²) in [4.78, 5) is 0.224. The highest BCUT2D eigenvalue weighted by Gasteiger charge is 2.38. The molecule has 1 aliphatic rings. The number of hydrogen-bond acceptors (Lipinski definition) is 3. The lowest BCUT2D eigenvalue weighted by Crippen LogP contribution is -2.34. The topological polar surface area (TPSA) is 57.6 Å². The molecular formula is C15H22ClNO3S. The van der Waals surface area contributed by atoms with E-state index in [4.69, 9.17) is 11.6 Å². The van der Waals surface area contributed by atoms with Gasteiger partial charge in [0.15, 0.2) is 0 Å². The molecule has 4 nitrogen and oxygen atoms in total. The van der Waals surface area contributed by atoms with E-state index in [1.54, 1.807) is 17.3 Å². The van der Waals surface area contributed by atoms with Crippen LogP contribution in [0.3, 0.4) is 0 Å². The SMILES string of the molecule is CCCCN(C1CC1)S(=O)(=O)c1cc(Cl)cc(CO)c1C. The zero-order valence-corrected chi connectivity index (χ0v) is 14.0. The zero-order valence-electron chi connectivity index (χ0n) is 12.5. The fraction of sp³-hybridized carbons (Fsp3) is 0.600. The molecule has 0 atom stereocenters. The van der Waals surface area contributed by atoms with Gasteiger partial charge in [-0.15, -0.1) is 0 Å². The van der Waals surface area contributed by atoms with Crippen LogP contribution < -0.4 is 0 Å². The molecule has 1 fully saturated rings. The number of sulfonamides is 1. The third-order valence-corrected chi connectivity index (χ3v) is 6.17. The monoisotopic (exact) mass is 331 g/mol. The summed E-state index contributed by atoms with van der Waals surface area (Å²) in [5.74, 6) is 0. The summed E-state index contributed by atoms with van der Waals surface area (Å²) in [7, 11) is -3.56. The molecule has 1 aliphatic carbocycles. The number of rotatable bonds is 7. The minimum atomic E-state index is -3.56. The first kappa shape index (κ1) is 16.7. The van der Waals surface area contributed by atoms with E-state index in [2.05, 4.69) is 0 Å². The molecule has 0 aromatic heterocycles. The van der Waals surface area contributed by atoms with Crippen LogP contribution in [0.15, 0.2) is 17.0 Å². The Balaban J connectivity index is 2.44. The van der Waals surface area contributed by atoms with E-state index < -0.39 is 10.0 Å². The van der Waals surface area contributed by atoms with Crippen molar-refractivity contribution < 1.29 is 13.5 Å². The maximum absolute atomic E-state index is 12.9. The van der Waals surface area contributed by atoms with Gasteiger partial charge in [0, 0.05) is 17.6 Å². The molecule has 0 radical (unpaired) electrons. The molecule has 1 N–H and O–H groups in total. The predicted octanol–water partition coefficient (Wildman–Crippen LogP) is 3.09. The van der Waals surface area contributed by atoms with E-state index in [1.165, 1.54) is 6.07 Å². The van der Waals surface area contributed by atoms with E-state index in [1.807, 2.05) is 6.92 Å². The van der Waals surface area contributed by atoms with Crippen molar-refractivity contribution in [1.82, 2.24) is 4.31 Å². The average Bonchev–Trinajstić information content (AvgIpc) is 3.25. The van der Waals surface area contributed by atoms with E-state index in [0.717, 1.165) is 25.7 Å². The van der Waals surface area contributed by atoms with E-state index in [9.17, 15) is 13.5 Å². The van der Waals surface area contributed by atoms with Gasteiger partial charge in [0.1, 0.15) is 0 Å². The first-order valence-electron chi connectivity index (χ1n) is 7.33. The molecule has 6 heteroatoms. The summed E-state index contributed by atoms with van der Waals surface area (Å²) in [6.45, 7) is 4.10. The zero-order chi connectivity index (χ0) is 15.6. The lowest BCUT2D eigenvalue weighted by molar-refractivity contribution is 0.280. The Hall–Kier alpha value is -0.620. The minimum Gasteiger partial charge on any atom is -0.392 e. The van der Waals surface area contributed by atoms with Crippen molar-refractivity contribution in [3.63, 3.8) is 0 Å². The predicted molar refractivity (Wildman–Crippen MR) is 83.9 cm³/mol. The van der Waals surface area contributed by atoms with Gasteiger partial charge in [0.2, 0.25) is 10.0 Å². The Bertz CT molecular complexity index is 612. The second kappa shape index (κ2) is 6.65. The molecule has 0 heterocycles. The van der Waals surface area contributed by atoms with Crippen molar-refractivity contribution in [2.45, 2.75) is 57.1 Å². The maximum Gasteiger partial charge on any atom is 0.243 e. The van der Waals surface area contributed by atoms with Gasteiger partial charge >= 0.3 is 0 Å². The van der Waals surface area contributed by atoms with Crippen molar-refractivity contribution >= 4 is 21.6 Å². The summed E-state index contributed by atoms with van der Waals surface area (Å²) in [6.07, 6.45) is 3.65. The highest BCUT2D eigenvalue weighted by molar-refractivity contribution is 7.89. The highest BCUT2D eigenvalue weighted by atomic mass is 35.5. The van der Waals surface area contributed by atoms with Crippen LogP contribution in [0.1, 0.15) is 43.7 Å². The molecule has 0 spiro atoms. The average molecular weight is 332 g/mol. The normalized spacial score (nSPS) is 15.7. The Morgan fingerprint density at radius 2 is 2.05 bits per heavy atom. The summed E-state index contributed by atoms with van der Waals surface area (Å²) in [6, 6.07) is 3.23. The third-order valence-electron chi connectivity index (χ3n) is 3.88. The minimum absolute atomic E-state index is 0.123. The fourth-order valence-electron chi connectivity index (χ4n) is 2.44. The lowest BCUT2D eigenvalue weighted by Gasteiger charge is -2.23. The molecule has 2 rings (SSSR count).